The molecule has 26 heavy (non-hydrogen) atoms. The van der Waals surface area contributed by atoms with Crippen LogP contribution in [0.5, 0.6) is 0 Å². The number of anilines is 1. The molecular weight excluding hydrogens is 317 g/mol. The summed E-state index contributed by atoms with van der Waals surface area (Å²) in [4.78, 5) is 7.09. The van der Waals surface area contributed by atoms with Crippen molar-refractivity contribution in [2.45, 2.75) is 39.5 Å². The first kappa shape index (κ1) is 17.0. The highest BCUT2D eigenvalue weighted by molar-refractivity contribution is 6.77. The summed E-state index contributed by atoms with van der Waals surface area (Å²) in [6.07, 6.45) is 4.04. The maximum absolute atomic E-state index is 4.69. The summed E-state index contributed by atoms with van der Waals surface area (Å²) < 4.78 is 2.33. The Morgan fingerprint density at radius 2 is 1.54 bits per heavy atom. The number of imidazole rings is 1. The average Bonchev–Trinajstić information content (AvgIpc) is 3.11. The molecule has 1 aliphatic heterocycles. The fourth-order valence-electron chi connectivity index (χ4n) is 4.25. The molecule has 4 rings (SSSR count). The highest BCUT2D eigenvalue weighted by Gasteiger charge is 2.38. The molecule has 3 nitrogen and oxygen atoms in total. The van der Waals surface area contributed by atoms with Gasteiger partial charge in [0.05, 0.1) is 0 Å². The Morgan fingerprint density at radius 1 is 0.885 bits per heavy atom. The number of benzene rings is 2. The van der Waals surface area contributed by atoms with Crippen LogP contribution >= 0.6 is 0 Å². The van der Waals surface area contributed by atoms with E-state index in [1.54, 1.807) is 0 Å². The van der Waals surface area contributed by atoms with Crippen LogP contribution < -0.4 is 10.3 Å². The molecule has 2 aromatic carbocycles. The van der Waals surface area contributed by atoms with Crippen molar-refractivity contribution in [1.82, 2.24) is 9.46 Å². The van der Waals surface area contributed by atoms with Crippen LogP contribution in [0.1, 0.15) is 50.7 Å². The first-order chi connectivity index (χ1) is 12.5. The van der Waals surface area contributed by atoms with Crippen LogP contribution in [0.2, 0.25) is 0 Å². The number of hydrogen-bond acceptors (Lipinski definition) is 2. The molecule has 0 bridgehead atoms. The molecule has 0 fully saturated rings. The minimum Gasteiger partial charge on any atom is -0.394 e. The molecule has 4 heteroatoms. The number of hydrogen-bond donors (Lipinski definition) is 0. The maximum Gasteiger partial charge on any atom is 0.417 e. The van der Waals surface area contributed by atoms with E-state index in [-0.39, 0.29) is 6.98 Å². The van der Waals surface area contributed by atoms with Gasteiger partial charge in [0.15, 0.2) is 0 Å². The van der Waals surface area contributed by atoms with Crippen molar-refractivity contribution in [3.63, 3.8) is 0 Å². The molecule has 1 aromatic heterocycles. The third kappa shape index (κ3) is 2.47. The fourth-order valence-corrected chi connectivity index (χ4v) is 4.25. The first-order valence-corrected chi connectivity index (χ1v) is 9.48. The molecule has 0 N–H and O–H groups in total. The smallest absolute Gasteiger partial charge is 0.394 e. The van der Waals surface area contributed by atoms with E-state index in [9.17, 15) is 0 Å². The van der Waals surface area contributed by atoms with Crippen molar-refractivity contribution in [2.24, 2.45) is 0 Å². The standard InChI is InChI=1S/C22H26BN3/c1-15(2)17-10-8-11-18(16(3)4)21(17)23-25(5)20-12-7-6-9-19(20)22-24-13-14-26(22)23/h6-16H,1-5H3. The van der Waals surface area contributed by atoms with Gasteiger partial charge in [0.25, 0.3) is 0 Å². The Balaban J connectivity index is 2.01. The molecule has 0 unspecified atom stereocenters. The Hall–Kier alpha value is -2.49. The summed E-state index contributed by atoms with van der Waals surface area (Å²) in [7, 11) is 2.20. The van der Waals surface area contributed by atoms with Crippen LogP contribution in [0.4, 0.5) is 5.69 Å². The van der Waals surface area contributed by atoms with Crippen LogP contribution in [0.15, 0.2) is 54.9 Å². The van der Waals surface area contributed by atoms with E-state index < -0.39 is 0 Å². The van der Waals surface area contributed by atoms with Gasteiger partial charge in [-0.1, -0.05) is 58.0 Å². The maximum atomic E-state index is 4.69. The lowest BCUT2D eigenvalue weighted by molar-refractivity contribution is 0.842. The summed E-state index contributed by atoms with van der Waals surface area (Å²) in [5.74, 6) is 2.00. The molecular formula is C22H26BN3. The molecule has 0 spiro atoms. The molecule has 0 radical (unpaired) electrons. The third-order valence-corrected chi connectivity index (χ3v) is 5.50. The zero-order chi connectivity index (χ0) is 18.4. The molecule has 0 aliphatic carbocycles. The Labute approximate surface area is 156 Å². The lowest BCUT2D eigenvalue weighted by Crippen LogP contribution is -2.56. The van der Waals surface area contributed by atoms with Crippen molar-refractivity contribution in [3.8, 4) is 11.4 Å². The third-order valence-electron chi connectivity index (χ3n) is 5.50. The topological polar surface area (TPSA) is 21.1 Å². The van der Waals surface area contributed by atoms with Gasteiger partial charge in [0, 0.05) is 23.6 Å². The van der Waals surface area contributed by atoms with Crippen molar-refractivity contribution >= 4 is 18.1 Å². The summed E-state index contributed by atoms with van der Waals surface area (Å²) in [5.41, 5.74) is 6.71. The van der Waals surface area contributed by atoms with Crippen LogP contribution in [0.3, 0.4) is 0 Å². The molecule has 0 saturated heterocycles. The highest BCUT2D eigenvalue weighted by Crippen LogP contribution is 2.35. The van der Waals surface area contributed by atoms with E-state index in [0.717, 1.165) is 5.82 Å². The van der Waals surface area contributed by atoms with Crippen LogP contribution in [0, 0.1) is 0 Å². The van der Waals surface area contributed by atoms with Gasteiger partial charge in [-0.25, -0.2) is 4.98 Å². The van der Waals surface area contributed by atoms with Gasteiger partial charge >= 0.3 is 6.98 Å². The highest BCUT2D eigenvalue weighted by atomic mass is 15.2. The van der Waals surface area contributed by atoms with Crippen LogP contribution in [0.25, 0.3) is 11.4 Å². The van der Waals surface area contributed by atoms with Gasteiger partial charge in [-0.2, -0.15) is 0 Å². The quantitative estimate of drug-likeness (QED) is 0.654. The Morgan fingerprint density at radius 3 is 2.19 bits per heavy atom. The van der Waals surface area contributed by atoms with Gasteiger partial charge in [0.1, 0.15) is 5.82 Å². The summed E-state index contributed by atoms with van der Waals surface area (Å²) in [5, 5.41) is 0. The number of para-hydroxylation sites is 1. The van der Waals surface area contributed by atoms with Gasteiger partial charge in [-0.3, -0.25) is 0 Å². The minimum atomic E-state index is 0.124. The van der Waals surface area contributed by atoms with Gasteiger partial charge in [-0.05, 0) is 47.6 Å². The second-order valence-corrected chi connectivity index (χ2v) is 7.82. The molecule has 3 aromatic rings. The average molecular weight is 343 g/mol. The van der Waals surface area contributed by atoms with Crippen LogP contribution in [-0.4, -0.2) is 23.5 Å². The van der Waals surface area contributed by atoms with Gasteiger partial charge in [-0.15, -0.1) is 0 Å². The largest absolute Gasteiger partial charge is 0.417 e. The normalized spacial score (nSPS) is 13.3. The van der Waals surface area contributed by atoms with Gasteiger partial charge in [0.2, 0.25) is 0 Å². The van der Waals surface area contributed by atoms with E-state index in [0.29, 0.717) is 11.8 Å². The molecule has 0 amide bonds. The number of nitrogens with zero attached hydrogens (tertiary/aromatic N) is 3. The molecule has 1 aliphatic rings. The van der Waals surface area contributed by atoms with Crippen molar-refractivity contribution in [2.75, 3.05) is 11.9 Å². The summed E-state index contributed by atoms with van der Waals surface area (Å²) in [6, 6.07) is 15.4. The molecule has 132 valence electrons. The number of aromatic nitrogens is 2. The second kappa shape index (κ2) is 6.35. The molecule has 2 heterocycles. The van der Waals surface area contributed by atoms with Gasteiger partial charge < -0.3 is 9.29 Å². The number of rotatable bonds is 3. The summed E-state index contributed by atoms with van der Waals surface area (Å²) in [6.45, 7) is 9.27. The monoisotopic (exact) mass is 343 g/mol. The van der Waals surface area contributed by atoms with Crippen molar-refractivity contribution in [1.29, 1.82) is 0 Å². The van der Waals surface area contributed by atoms with E-state index >= 15 is 0 Å². The summed E-state index contributed by atoms with van der Waals surface area (Å²) >= 11 is 0. The first-order valence-electron chi connectivity index (χ1n) is 9.48. The number of fused-ring (bicyclic) bond motifs is 3. The lowest BCUT2D eigenvalue weighted by Gasteiger charge is -2.37. The Bertz CT molecular complexity index is 916. The van der Waals surface area contributed by atoms with Crippen molar-refractivity contribution in [3.05, 3.63) is 66.0 Å². The predicted molar refractivity (Wildman–Crippen MR) is 111 cm³/mol. The second-order valence-electron chi connectivity index (χ2n) is 7.82. The van der Waals surface area contributed by atoms with E-state index in [1.165, 1.54) is 27.8 Å². The fraction of sp³-hybridized carbons (Fsp3) is 0.318. The van der Waals surface area contributed by atoms with E-state index in [1.807, 2.05) is 6.20 Å². The van der Waals surface area contributed by atoms with Crippen LogP contribution in [-0.2, 0) is 0 Å². The lowest BCUT2D eigenvalue weighted by atomic mass is 9.58. The van der Waals surface area contributed by atoms with E-state index in [2.05, 4.69) is 92.7 Å². The Kier molecular flexibility index (Phi) is 4.14. The predicted octanol–water partition coefficient (Wildman–Crippen LogP) is 4.49. The molecule has 0 atom stereocenters. The zero-order valence-electron chi connectivity index (χ0n) is 16.3. The SMILES string of the molecule is CC(C)c1cccc(C(C)C)c1B1N(C)c2ccccc2-c2nccn21. The van der Waals surface area contributed by atoms with E-state index in [4.69, 9.17) is 4.98 Å². The zero-order valence-corrected chi connectivity index (χ0v) is 16.3. The minimum absolute atomic E-state index is 0.124. The van der Waals surface area contributed by atoms with Crippen molar-refractivity contribution < 1.29 is 0 Å². The molecule has 0 saturated carbocycles.